The molecule has 2 amide bonds. The standard InChI is InChI=1S/C15H13F3N2O3S/c16-15(17,18)9-3-1-4-10(7-9)19-13(22)11(8-21)20-14(23)12-5-2-6-24-12/h1-7,11,21H,8H2,(H,19,22)(H,20,23). The second-order valence-corrected chi connectivity index (χ2v) is 5.70. The summed E-state index contributed by atoms with van der Waals surface area (Å²) < 4.78 is 38.0. The van der Waals surface area contributed by atoms with Crippen molar-refractivity contribution < 1.29 is 27.9 Å². The number of amides is 2. The lowest BCUT2D eigenvalue weighted by Gasteiger charge is -2.16. The normalized spacial score (nSPS) is 12.5. The van der Waals surface area contributed by atoms with Crippen molar-refractivity contribution in [3.05, 3.63) is 52.2 Å². The van der Waals surface area contributed by atoms with Crippen LogP contribution in [0.3, 0.4) is 0 Å². The molecule has 0 aliphatic carbocycles. The number of anilines is 1. The van der Waals surface area contributed by atoms with E-state index < -0.39 is 36.2 Å². The van der Waals surface area contributed by atoms with Gasteiger partial charge in [-0.15, -0.1) is 11.3 Å². The van der Waals surface area contributed by atoms with Crippen LogP contribution in [-0.4, -0.2) is 29.6 Å². The highest BCUT2D eigenvalue weighted by Gasteiger charge is 2.30. The minimum atomic E-state index is -4.54. The lowest BCUT2D eigenvalue weighted by molar-refractivity contribution is -0.137. The Labute approximate surface area is 139 Å². The SMILES string of the molecule is O=C(NC(CO)C(=O)Nc1cccc(C(F)(F)F)c1)c1cccs1. The number of carbonyl (C=O) groups is 2. The van der Waals surface area contributed by atoms with Gasteiger partial charge in [-0.2, -0.15) is 13.2 Å². The zero-order chi connectivity index (χ0) is 17.7. The van der Waals surface area contributed by atoms with Crippen molar-refractivity contribution in [2.45, 2.75) is 12.2 Å². The Morgan fingerprint density at radius 2 is 1.96 bits per heavy atom. The molecule has 1 aromatic carbocycles. The second kappa shape index (κ2) is 7.45. The molecular formula is C15H13F3N2O3S. The number of hydrogen-bond donors (Lipinski definition) is 3. The zero-order valence-electron chi connectivity index (χ0n) is 12.1. The quantitative estimate of drug-likeness (QED) is 0.768. The maximum absolute atomic E-state index is 12.7. The summed E-state index contributed by atoms with van der Waals surface area (Å²) in [4.78, 5) is 24.3. The number of aliphatic hydroxyl groups is 1. The molecule has 0 saturated carbocycles. The van der Waals surface area contributed by atoms with Crippen molar-refractivity contribution >= 4 is 28.8 Å². The molecule has 128 valence electrons. The average molecular weight is 358 g/mol. The molecule has 0 bridgehead atoms. The van der Waals surface area contributed by atoms with Gasteiger partial charge in [0.1, 0.15) is 6.04 Å². The molecule has 2 rings (SSSR count). The first kappa shape index (κ1) is 18.0. The molecule has 0 fully saturated rings. The molecule has 0 aliphatic heterocycles. The molecule has 1 atom stereocenters. The van der Waals surface area contributed by atoms with Crippen LogP contribution in [0.1, 0.15) is 15.2 Å². The van der Waals surface area contributed by atoms with E-state index in [1.54, 1.807) is 17.5 Å². The van der Waals surface area contributed by atoms with Crippen LogP contribution in [0.25, 0.3) is 0 Å². The van der Waals surface area contributed by atoms with Gasteiger partial charge in [0.15, 0.2) is 0 Å². The number of aliphatic hydroxyl groups excluding tert-OH is 1. The average Bonchev–Trinajstić information content (AvgIpc) is 3.06. The Hall–Kier alpha value is -2.39. The van der Waals surface area contributed by atoms with Gasteiger partial charge in [0.25, 0.3) is 5.91 Å². The van der Waals surface area contributed by atoms with Gasteiger partial charge in [0, 0.05) is 5.69 Å². The topological polar surface area (TPSA) is 78.4 Å². The molecule has 0 saturated heterocycles. The van der Waals surface area contributed by atoms with Crippen LogP contribution in [0.2, 0.25) is 0 Å². The maximum atomic E-state index is 12.7. The molecule has 24 heavy (non-hydrogen) atoms. The predicted molar refractivity (Wildman–Crippen MR) is 82.7 cm³/mol. The Balaban J connectivity index is 2.05. The van der Waals surface area contributed by atoms with Crippen molar-refractivity contribution in [3.63, 3.8) is 0 Å². The molecule has 5 nitrogen and oxygen atoms in total. The van der Waals surface area contributed by atoms with Crippen LogP contribution in [0.15, 0.2) is 41.8 Å². The predicted octanol–water partition coefficient (Wildman–Crippen LogP) is 2.50. The smallest absolute Gasteiger partial charge is 0.394 e. The van der Waals surface area contributed by atoms with Gasteiger partial charge in [-0.1, -0.05) is 12.1 Å². The fraction of sp³-hybridized carbons (Fsp3) is 0.200. The highest BCUT2D eigenvalue weighted by atomic mass is 32.1. The van der Waals surface area contributed by atoms with Gasteiger partial charge in [0.05, 0.1) is 17.0 Å². The number of rotatable bonds is 5. The van der Waals surface area contributed by atoms with E-state index in [2.05, 4.69) is 10.6 Å². The van der Waals surface area contributed by atoms with Crippen molar-refractivity contribution in [1.29, 1.82) is 0 Å². The van der Waals surface area contributed by atoms with Crippen LogP contribution >= 0.6 is 11.3 Å². The van der Waals surface area contributed by atoms with Gasteiger partial charge in [-0.3, -0.25) is 9.59 Å². The number of nitrogens with one attached hydrogen (secondary N) is 2. The molecule has 1 heterocycles. The largest absolute Gasteiger partial charge is 0.416 e. The van der Waals surface area contributed by atoms with Crippen molar-refractivity contribution in [1.82, 2.24) is 5.32 Å². The van der Waals surface area contributed by atoms with Crippen molar-refractivity contribution in [2.24, 2.45) is 0 Å². The number of thiophene rings is 1. The Morgan fingerprint density at radius 1 is 1.21 bits per heavy atom. The summed E-state index contributed by atoms with van der Waals surface area (Å²) in [5.74, 6) is -1.37. The molecular weight excluding hydrogens is 345 g/mol. The molecule has 0 spiro atoms. The zero-order valence-corrected chi connectivity index (χ0v) is 12.9. The first-order valence-electron chi connectivity index (χ1n) is 6.74. The molecule has 2 aromatic rings. The van der Waals surface area contributed by atoms with Crippen LogP contribution in [0.5, 0.6) is 0 Å². The summed E-state index contributed by atoms with van der Waals surface area (Å²) in [7, 11) is 0. The summed E-state index contributed by atoms with van der Waals surface area (Å²) >= 11 is 1.15. The first-order chi connectivity index (χ1) is 11.3. The molecule has 1 unspecified atom stereocenters. The van der Waals surface area contributed by atoms with Gasteiger partial charge in [-0.05, 0) is 29.6 Å². The van der Waals surface area contributed by atoms with Crippen LogP contribution in [0, 0.1) is 0 Å². The van der Waals surface area contributed by atoms with E-state index in [1.807, 2.05) is 0 Å². The number of halogens is 3. The summed E-state index contributed by atoms with van der Waals surface area (Å²) in [6.45, 7) is -0.693. The van der Waals surface area contributed by atoms with Crippen LogP contribution in [0.4, 0.5) is 18.9 Å². The van der Waals surface area contributed by atoms with Gasteiger partial charge in [0.2, 0.25) is 5.91 Å². The maximum Gasteiger partial charge on any atom is 0.416 e. The van der Waals surface area contributed by atoms with E-state index in [-0.39, 0.29) is 5.69 Å². The monoisotopic (exact) mass is 358 g/mol. The molecule has 0 aliphatic rings. The summed E-state index contributed by atoms with van der Waals surface area (Å²) in [6.07, 6.45) is -4.54. The number of carbonyl (C=O) groups excluding carboxylic acids is 2. The number of alkyl halides is 3. The minimum absolute atomic E-state index is 0.0846. The summed E-state index contributed by atoms with van der Waals surface area (Å²) in [5, 5.41) is 15.5. The van der Waals surface area contributed by atoms with E-state index in [0.29, 0.717) is 4.88 Å². The van der Waals surface area contributed by atoms with E-state index in [0.717, 1.165) is 29.5 Å². The van der Waals surface area contributed by atoms with Gasteiger partial charge >= 0.3 is 6.18 Å². The minimum Gasteiger partial charge on any atom is -0.394 e. The fourth-order valence-electron chi connectivity index (χ4n) is 1.83. The molecule has 9 heteroatoms. The third-order valence-corrected chi connectivity index (χ3v) is 3.88. The van der Waals surface area contributed by atoms with E-state index in [1.165, 1.54) is 6.07 Å². The Kier molecular flexibility index (Phi) is 5.58. The van der Waals surface area contributed by atoms with E-state index >= 15 is 0 Å². The second-order valence-electron chi connectivity index (χ2n) is 4.75. The fourth-order valence-corrected chi connectivity index (χ4v) is 2.46. The molecule has 3 N–H and O–H groups in total. The number of hydrogen-bond acceptors (Lipinski definition) is 4. The van der Waals surface area contributed by atoms with Crippen molar-refractivity contribution in [3.8, 4) is 0 Å². The number of benzene rings is 1. The summed E-state index contributed by atoms with van der Waals surface area (Å²) in [5.41, 5.74) is -0.998. The lowest BCUT2D eigenvalue weighted by Crippen LogP contribution is -2.46. The Morgan fingerprint density at radius 3 is 2.54 bits per heavy atom. The molecule has 1 aromatic heterocycles. The lowest BCUT2D eigenvalue weighted by atomic mass is 10.2. The van der Waals surface area contributed by atoms with Crippen LogP contribution < -0.4 is 10.6 Å². The first-order valence-corrected chi connectivity index (χ1v) is 7.62. The van der Waals surface area contributed by atoms with E-state index in [9.17, 15) is 27.9 Å². The Bertz CT molecular complexity index is 717. The van der Waals surface area contributed by atoms with E-state index in [4.69, 9.17) is 0 Å². The third-order valence-electron chi connectivity index (χ3n) is 3.01. The highest BCUT2D eigenvalue weighted by molar-refractivity contribution is 7.12. The summed E-state index contributed by atoms with van der Waals surface area (Å²) in [6, 6.07) is 5.98. The highest BCUT2D eigenvalue weighted by Crippen LogP contribution is 2.30. The third kappa shape index (κ3) is 4.56. The van der Waals surface area contributed by atoms with Gasteiger partial charge in [-0.25, -0.2) is 0 Å². The van der Waals surface area contributed by atoms with Crippen molar-refractivity contribution in [2.75, 3.05) is 11.9 Å². The van der Waals surface area contributed by atoms with Gasteiger partial charge < -0.3 is 15.7 Å². The molecule has 0 radical (unpaired) electrons. The van der Waals surface area contributed by atoms with Crippen LogP contribution in [-0.2, 0) is 11.0 Å².